The SMILES string of the molecule is Cc1cc(OC2CCN(C(=O)c3cccc(NS(=O)(=O)c4ccccc4F)c3)CC2)cc(=O)n1C. The summed E-state index contributed by atoms with van der Waals surface area (Å²) in [4.78, 5) is 26.2. The number of likely N-dealkylation sites (tertiary alicyclic amines) is 1. The smallest absolute Gasteiger partial charge is 0.264 e. The first-order valence-corrected chi connectivity index (χ1v) is 12.6. The number of nitrogens with zero attached hydrogens (tertiary/aromatic N) is 2. The molecule has 1 N–H and O–H groups in total. The summed E-state index contributed by atoms with van der Waals surface area (Å²) in [6.45, 7) is 2.75. The molecule has 184 valence electrons. The summed E-state index contributed by atoms with van der Waals surface area (Å²) in [5.74, 6) is -0.576. The fraction of sp³-hybridized carbons (Fsp3) is 0.280. The molecule has 35 heavy (non-hydrogen) atoms. The number of ether oxygens (including phenoxy) is 1. The molecular formula is C25H26FN3O5S. The summed E-state index contributed by atoms with van der Waals surface area (Å²) >= 11 is 0. The Morgan fingerprint density at radius 3 is 2.46 bits per heavy atom. The second-order valence-corrected chi connectivity index (χ2v) is 10.1. The number of benzene rings is 2. The molecule has 1 aliphatic rings. The highest BCUT2D eigenvalue weighted by Crippen LogP contribution is 2.23. The van der Waals surface area contributed by atoms with Gasteiger partial charge in [-0.3, -0.25) is 14.3 Å². The van der Waals surface area contributed by atoms with E-state index in [1.54, 1.807) is 28.6 Å². The lowest BCUT2D eigenvalue weighted by molar-refractivity contribution is 0.0595. The number of sulfonamides is 1. The maximum absolute atomic E-state index is 14.0. The van der Waals surface area contributed by atoms with E-state index in [4.69, 9.17) is 4.74 Å². The molecule has 1 saturated heterocycles. The van der Waals surface area contributed by atoms with Crippen LogP contribution in [0.5, 0.6) is 5.75 Å². The van der Waals surface area contributed by atoms with E-state index in [-0.39, 0.29) is 23.3 Å². The standard InChI is InChI=1S/C25H26FN3O5S/c1-17-14-21(16-24(30)28(17)2)34-20-10-12-29(13-11-20)25(31)18-6-5-7-19(15-18)27-35(32,33)23-9-4-3-8-22(23)26/h3-9,14-16,20,27H,10-13H2,1-2H3. The summed E-state index contributed by atoms with van der Waals surface area (Å²) in [5, 5.41) is 0. The molecule has 0 bridgehead atoms. The fourth-order valence-corrected chi connectivity index (χ4v) is 5.07. The first-order valence-electron chi connectivity index (χ1n) is 11.1. The Morgan fingerprint density at radius 1 is 1.06 bits per heavy atom. The largest absolute Gasteiger partial charge is 0.490 e. The minimum atomic E-state index is -4.15. The molecule has 1 aliphatic heterocycles. The van der Waals surface area contributed by atoms with Crippen LogP contribution < -0.4 is 15.0 Å². The summed E-state index contributed by atoms with van der Waals surface area (Å²) in [7, 11) is -2.45. The van der Waals surface area contributed by atoms with Crippen LogP contribution in [0.1, 0.15) is 28.9 Å². The van der Waals surface area contributed by atoms with Gasteiger partial charge in [-0.05, 0) is 43.3 Å². The quantitative estimate of drug-likeness (QED) is 0.561. The van der Waals surface area contributed by atoms with Crippen LogP contribution in [0.4, 0.5) is 10.1 Å². The number of piperidine rings is 1. The second-order valence-electron chi connectivity index (χ2n) is 8.46. The van der Waals surface area contributed by atoms with Crippen molar-refractivity contribution in [1.82, 2.24) is 9.47 Å². The van der Waals surface area contributed by atoms with Crippen molar-refractivity contribution in [3.8, 4) is 5.75 Å². The maximum atomic E-state index is 14.0. The molecule has 1 amide bonds. The number of carbonyl (C=O) groups excluding carboxylic acids is 1. The molecule has 0 aliphatic carbocycles. The summed E-state index contributed by atoms with van der Waals surface area (Å²) in [5.41, 5.74) is 1.14. The number of carbonyl (C=O) groups is 1. The van der Waals surface area contributed by atoms with Gasteiger partial charge in [-0.15, -0.1) is 0 Å². The normalized spacial score (nSPS) is 14.5. The van der Waals surface area contributed by atoms with Crippen molar-refractivity contribution < 1.29 is 22.3 Å². The molecule has 10 heteroatoms. The number of hydrogen-bond donors (Lipinski definition) is 1. The topological polar surface area (TPSA) is 97.7 Å². The number of halogens is 1. The van der Waals surface area contributed by atoms with Gasteiger partial charge in [-0.1, -0.05) is 18.2 Å². The zero-order valence-corrected chi connectivity index (χ0v) is 20.2. The lowest BCUT2D eigenvalue weighted by atomic mass is 10.1. The molecule has 0 saturated carbocycles. The van der Waals surface area contributed by atoms with E-state index < -0.39 is 20.7 Å². The zero-order valence-electron chi connectivity index (χ0n) is 19.4. The Balaban J connectivity index is 1.40. The highest BCUT2D eigenvalue weighted by molar-refractivity contribution is 7.92. The van der Waals surface area contributed by atoms with Gasteiger partial charge in [0.05, 0.1) is 0 Å². The maximum Gasteiger partial charge on any atom is 0.264 e. The Hall–Kier alpha value is -3.66. The predicted octanol–water partition coefficient (Wildman–Crippen LogP) is 3.32. The van der Waals surface area contributed by atoms with Crippen molar-refractivity contribution in [2.75, 3.05) is 17.8 Å². The molecule has 0 radical (unpaired) electrons. The van der Waals surface area contributed by atoms with Crippen LogP contribution in [0.25, 0.3) is 0 Å². The van der Waals surface area contributed by atoms with E-state index >= 15 is 0 Å². The van der Waals surface area contributed by atoms with Crippen molar-refractivity contribution in [3.05, 3.63) is 88.1 Å². The van der Waals surface area contributed by atoms with Gasteiger partial charge in [0.25, 0.3) is 21.5 Å². The highest BCUT2D eigenvalue weighted by atomic mass is 32.2. The average molecular weight is 500 g/mol. The Kier molecular flexibility index (Phi) is 6.93. The molecule has 0 atom stereocenters. The van der Waals surface area contributed by atoms with Gasteiger partial charge in [0.1, 0.15) is 22.6 Å². The highest BCUT2D eigenvalue weighted by Gasteiger charge is 2.26. The van der Waals surface area contributed by atoms with Gasteiger partial charge in [-0.2, -0.15) is 0 Å². The van der Waals surface area contributed by atoms with Crippen molar-refractivity contribution in [1.29, 1.82) is 0 Å². The number of nitrogens with one attached hydrogen (secondary N) is 1. The number of aryl methyl sites for hydroxylation is 1. The third kappa shape index (κ3) is 5.54. The Bertz CT molecular complexity index is 1410. The Morgan fingerprint density at radius 2 is 1.77 bits per heavy atom. The van der Waals surface area contributed by atoms with Gasteiger partial charge >= 0.3 is 0 Å². The minimum absolute atomic E-state index is 0.121. The molecule has 8 nitrogen and oxygen atoms in total. The second kappa shape index (κ2) is 9.91. The molecule has 1 fully saturated rings. The van der Waals surface area contributed by atoms with Crippen molar-refractivity contribution in [3.63, 3.8) is 0 Å². The van der Waals surface area contributed by atoms with E-state index in [2.05, 4.69) is 4.72 Å². The van der Waals surface area contributed by atoms with Crippen LogP contribution in [-0.2, 0) is 17.1 Å². The van der Waals surface area contributed by atoms with E-state index in [0.29, 0.717) is 37.2 Å². The predicted molar refractivity (Wildman–Crippen MR) is 130 cm³/mol. The van der Waals surface area contributed by atoms with E-state index in [1.807, 2.05) is 13.0 Å². The van der Waals surface area contributed by atoms with Crippen LogP contribution in [0.2, 0.25) is 0 Å². The number of hydrogen-bond acceptors (Lipinski definition) is 5. The molecule has 3 aromatic rings. The van der Waals surface area contributed by atoms with Gasteiger partial charge in [0.15, 0.2) is 0 Å². The minimum Gasteiger partial charge on any atom is -0.490 e. The van der Waals surface area contributed by atoms with Crippen LogP contribution in [0.3, 0.4) is 0 Å². The van der Waals surface area contributed by atoms with Gasteiger partial charge in [-0.25, -0.2) is 12.8 Å². The number of anilines is 1. The summed E-state index contributed by atoms with van der Waals surface area (Å²) < 4.78 is 48.9. The molecule has 0 unspecified atom stereocenters. The fourth-order valence-electron chi connectivity index (χ4n) is 3.95. The van der Waals surface area contributed by atoms with Gasteiger partial charge in [0, 0.05) is 56.0 Å². The number of rotatable bonds is 6. The molecule has 1 aromatic heterocycles. The van der Waals surface area contributed by atoms with Crippen LogP contribution in [0.15, 0.2) is 70.4 Å². The molecular weight excluding hydrogens is 473 g/mol. The van der Waals surface area contributed by atoms with Crippen LogP contribution in [0, 0.1) is 12.7 Å². The third-order valence-corrected chi connectivity index (χ3v) is 7.41. The summed E-state index contributed by atoms with van der Waals surface area (Å²) in [6, 6.07) is 14.5. The monoisotopic (exact) mass is 499 g/mol. The van der Waals surface area contributed by atoms with Crippen molar-refractivity contribution >= 4 is 21.6 Å². The molecule has 2 aromatic carbocycles. The average Bonchev–Trinajstić information content (AvgIpc) is 2.82. The van der Waals surface area contributed by atoms with Crippen LogP contribution in [-0.4, -0.2) is 43.0 Å². The molecule has 0 spiro atoms. The number of pyridine rings is 1. The van der Waals surface area contributed by atoms with E-state index in [9.17, 15) is 22.4 Å². The Labute approximate surface area is 203 Å². The number of amides is 1. The third-order valence-electron chi connectivity index (χ3n) is 6.00. The molecule has 4 rings (SSSR count). The van der Waals surface area contributed by atoms with Crippen molar-refractivity contribution in [2.45, 2.75) is 30.8 Å². The van der Waals surface area contributed by atoms with Crippen LogP contribution >= 0.6 is 0 Å². The lowest BCUT2D eigenvalue weighted by Gasteiger charge is -2.32. The van der Waals surface area contributed by atoms with Gasteiger partial charge in [0.2, 0.25) is 0 Å². The first kappa shape index (κ1) is 24.5. The zero-order chi connectivity index (χ0) is 25.2. The lowest BCUT2D eigenvalue weighted by Crippen LogP contribution is -2.41. The van der Waals surface area contributed by atoms with E-state index in [0.717, 1.165) is 11.8 Å². The van der Waals surface area contributed by atoms with Crippen molar-refractivity contribution in [2.24, 2.45) is 7.05 Å². The van der Waals surface area contributed by atoms with Gasteiger partial charge < -0.3 is 14.2 Å². The summed E-state index contributed by atoms with van der Waals surface area (Å²) in [6.07, 6.45) is 1.07. The first-order chi connectivity index (χ1) is 16.6. The van der Waals surface area contributed by atoms with E-state index in [1.165, 1.54) is 36.4 Å². The number of aromatic nitrogens is 1. The molecule has 2 heterocycles.